The molecule has 18 rings (SSSR count). The molecule has 0 amide bonds. The molecule has 20 N–H and O–H groups in total. The third-order valence-electron chi connectivity index (χ3n) is 23.0. The fourth-order valence-electron chi connectivity index (χ4n) is 15.4. The van der Waals surface area contributed by atoms with Crippen LogP contribution in [0.3, 0.4) is 0 Å². The van der Waals surface area contributed by atoms with E-state index in [1.807, 2.05) is 0 Å². The zero-order valence-corrected chi connectivity index (χ0v) is 75.5. The molecule has 7 unspecified atom stereocenters. The number of rotatable bonds is 21. The summed E-state index contributed by atoms with van der Waals surface area (Å²) in [5.41, 5.74) is -0.580. The molecule has 15 aromatic rings. The molecule has 0 aliphatic carbocycles. The van der Waals surface area contributed by atoms with Crippen LogP contribution in [0, 0.1) is 0 Å². The summed E-state index contributed by atoms with van der Waals surface area (Å²) >= 11 is 0. The highest BCUT2D eigenvalue weighted by atomic mass is 16.7. The summed E-state index contributed by atoms with van der Waals surface area (Å²) in [6.45, 7) is -2.37. The number of aromatic hydroxyl groups is 10. The average Bonchev–Trinajstić information content (AvgIpc) is 0.791. The Balaban J connectivity index is 0.000000147. The Morgan fingerprint density at radius 2 is 0.718 bits per heavy atom. The van der Waals surface area contributed by atoms with E-state index in [2.05, 4.69) is 0 Å². The Labute approximate surface area is 797 Å². The molecule has 13 atom stereocenters. The summed E-state index contributed by atoms with van der Waals surface area (Å²) in [5, 5.41) is 198. The van der Waals surface area contributed by atoms with Crippen molar-refractivity contribution in [3.05, 3.63) is 240 Å². The van der Waals surface area contributed by atoms with E-state index >= 15 is 0 Å². The van der Waals surface area contributed by atoms with Gasteiger partial charge in [0.15, 0.2) is 40.8 Å². The maximum atomic E-state index is 13.7. The van der Waals surface area contributed by atoms with E-state index in [0.717, 1.165) is 30.5 Å². The number of phenols is 10. The van der Waals surface area contributed by atoms with Crippen molar-refractivity contribution < 1.29 is 186 Å². The molecule has 10 aromatic carbocycles. The van der Waals surface area contributed by atoms with E-state index in [1.54, 1.807) is 67.8 Å². The molecule has 0 saturated carbocycles. The highest BCUT2D eigenvalue weighted by molar-refractivity contribution is 5.94. The van der Waals surface area contributed by atoms with Gasteiger partial charge in [-0.15, -0.1) is 0 Å². The third-order valence-corrected chi connectivity index (χ3v) is 23.0. The third kappa shape index (κ3) is 20.8. The Morgan fingerprint density at radius 1 is 0.324 bits per heavy atom. The van der Waals surface area contributed by atoms with Gasteiger partial charge in [0.2, 0.25) is 45.5 Å². The summed E-state index contributed by atoms with van der Waals surface area (Å²) < 4.78 is 96.6. The molecule has 0 radical (unpaired) electrons. The van der Waals surface area contributed by atoms with Crippen molar-refractivity contribution in [3.8, 4) is 165 Å². The summed E-state index contributed by atoms with van der Waals surface area (Å²) in [6.07, 6.45) is -12.6. The second-order valence-electron chi connectivity index (χ2n) is 31.8. The van der Waals surface area contributed by atoms with Crippen LogP contribution < -0.4 is 69.8 Å². The molecule has 43 heteroatoms. The zero-order valence-electron chi connectivity index (χ0n) is 75.5. The minimum Gasteiger partial charge on any atom is -0.508 e. The van der Waals surface area contributed by atoms with Crippen LogP contribution in [0.2, 0.25) is 0 Å². The van der Waals surface area contributed by atoms with Gasteiger partial charge in [0.05, 0.1) is 104 Å². The first-order valence-electron chi connectivity index (χ1n) is 42.3. The molecule has 142 heavy (non-hydrogen) atoms. The van der Waals surface area contributed by atoms with E-state index in [1.165, 1.54) is 141 Å². The molecule has 3 fully saturated rings. The van der Waals surface area contributed by atoms with Gasteiger partial charge in [-0.1, -0.05) is 42.5 Å². The quantitative estimate of drug-likeness (QED) is 0.0337. The molecule has 8 heterocycles. The summed E-state index contributed by atoms with van der Waals surface area (Å²) in [4.78, 5) is 64.1. The average molecular weight is 1970 g/mol. The van der Waals surface area contributed by atoms with E-state index in [4.69, 9.17) is 83.7 Å². The smallest absolute Gasteiger partial charge is 0.229 e. The molecule has 43 nitrogen and oxygen atoms in total. The zero-order chi connectivity index (χ0) is 102. The van der Waals surface area contributed by atoms with Gasteiger partial charge in [0.1, 0.15) is 216 Å². The lowest BCUT2D eigenvalue weighted by Gasteiger charge is -2.40. The van der Waals surface area contributed by atoms with Crippen molar-refractivity contribution in [2.45, 2.75) is 79.4 Å². The molecule has 3 aliphatic heterocycles. The van der Waals surface area contributed by atoms with Crippen LogP contribution in [0.25, 0.3) is 110 Å². The fourth-order valence-corrected chi connectivity index (χ4v) is 15.4. The number of benzene rings is 10. The van der Waals surface area contributed by atoms with Crippen LogP contribution in [0.15, 0.2) is 235 Å². The topological polar surface area (TPSA) is 676 Å². The van der Waals surface area contributed by atoms with E-state index < -0.39 is 139 Å². The van der Waals surface area contributed by atoms with Crippen molar-refractivity contribution >= 4 is 54.8 Å². The van der Waals surface area contributed by atoms with Gasteiger partial charge in [0.25, 0.3) is 0 Å². The monoisotopic (exact) mass is 1970 g/mol. The summed E-state index contributed by atoms with van der Waals surface area (Å²) in [7, 11) is 9.93. The van der Waals surface area contributed by atoms with Gasteiger partial charge in [0, 0.05) is 66.2 Å². The SMILES string of the molecule is COc1cc(-c2coc3cc(O)cc(O)c3c2=O)ccc1O.COc1cc(OC)c(-c2coc3cc(O[C@@H]4OC(COC5OCC(O)(CO)C5O)[C@@H](O)[C@H](O)C4O)c(OC)c(O)c3c2=O)cc1OC.COc1ccc(-c2coc3cc(O)cc(O)c3c2=O)cc1.COc1ccc(-c2coc3cc(O[C@@H]4OC(CO)[C@@H](O)[C@H](O)C4O)cc(O)c3c2=O)cc1.O=c1c(-c2ccc(O)cc2)coc2cc(O)cc(O)c12. The number of hydrogen-bond acceptors (Lipinski definition) is 43. The van der Waals surface area contributed by atoms with Crippen LogP contribution >= 0.6 is 0 Å². The maximum absolute atomic E-state index is 13.7. The molecule has 3 aliphatic rings. The van der Waals surface area contributed by atoms with Crippen LogP contribution in [0.4, 0.5) is 0 Å². The lowest BCUT2D eigenvalue weighted by atomic mass is 9.99. The first-order chi connectivity index (χ1) is 67.9. The summed E-state index contributed by atoms with van der Waals surface area (Å²) in [5.74, 6) is -0.866. The van der Waals surface area contributed by atoms with Crippen LogP contribution in [-0.4, -0.2) is 258 Å². The first kappa shape index (κ1) is 102. The van der Waals surface area contributed by atoms with Gasteiger partial charge >= 0.3 is 0 Å². The van der Waals surface area contributed by atoms with Crippen LogP contribution in [0.5, 0.6) is 109 Å². The Hall–Kier alpha value is -16.1. The minimum absolute atomic E-state index is 0.00102. The maximum Gasteiger partial charge on any atom is 0.229 e. The lowest BCUT2D eigenvalue weighted by Crippen LogP contribution is -2.60. The van der Waals surface area contributed by atoms with Gasteiger partial charge in [-0.05, 0) is 76.9 Å². The first-order valence-corrected chi connectivity index (χ1v) is 42.3. The number of ether oxygens (including phenoxy) is 13. The fraction of sp³-hybridized carbons (Fsp3) is 0.242. The molecular weight excluding hydrogens is 1880 g/mol. The Kier molecular flexibility index (Phi) is 30.9. The Morgan fingerprint density at radius 3 is 1.15 bits per heavy atom. The number of phenolic OH excluding ortho intramolecular Hbond substituents is 10. The lowest BCUT2D eigenvalue weighted by molar-refractivity contribution is -0.289. The number of fused-ring (bicyclic) bond motifs is 5. The predicted octanol–water partition coefficient (Wildman–Crippen LogP) is 7.24. The largest absolute Gasteiger partial charge is 0.508 e. The van der Waals surface area contributed by atoms with Gasteiger partial charge in [-0.25, -0.2) is 0 Å². The van der Waals surface area contributed by atoms with Crippen molar-refractivity contribution in [2.24, 2.45) is 0 Å². The second-order valence-corrected chi connectivity index (χ2v) is 31.8. The van der Waals surface area contributed by atoms with E-state index in [9.17, 15) is 126 Å². The molecule has 0 spiro atoms. The van der Waals surface area contributed by atoms with Crippen molar-refractivity contribution in [2.75, 3.05) is 76.2 Å². The normalized spacial score (nSPS) is 20.2. The number of aliphatic hydroxyl groups is 10. The molecule has 5 aromatic heterocycles. The van der Waals surface area contributed by atoms with Crippen molar-refractivity contribution in [1.29, 1.82) is 0 Å². The number of hydrogen-bond donors (Lipinski definition) is 20. The second kappa shape index (κ2) is 43.1. The minimum atomic E-state index is -1.96. The molecule has 0 bridgehead atoms. The van der Waals surface area contributed by atoms with Gasteiger partial charge < -0.3 is 186 Å². The summed E-state index contributed by atoms with van der Waals surface area (Å²) in [6, 6.07) is 37.9. The highest BCUT2D eigenvalue weighted by Gasteiger charge is 2.51. The Bertz CT molecular complexity index is 7440. The van der Waals surface area contributed by atoms with E-state index in [0.29, 0.717) is 50.8 Å². The highest BCUT2D eigenvalue weighted by Crippen LogP contribution is 2.47. The molecular formula is C99H92O43. The van der Waals surface area contributed by atoms with Crippen LogP contribution in [-0.2, 0) is 18.9 Å². The van der Waals surface area contributed by atoms with Gasteiger partial charge in [-0.2, -0.15) is 0 Å². The van der Waals surface area contributed by atoms with Crippen molar-refractivity contribution in [3.63, 3.8) is 0 Å². The van der Waals surface area contributed by atoms with E-state index in [-0.39, 0.29) is 163 Å². The number of aliphatic hydroxyl groups excluding tert-OH is 9. The van der Waals surface area contributed by atoms with Crippen molar-refractivity contribution in [1.82, 2.24) is 0 Å². The van der Waals surface area contributed by atoms with Crippen LogP contribution in [0.1, 0.15) is 0 Å². The predicted molar refractivity (Wildman–Crippen MR) is 498 cm³/mol. The number of methoxy groups -OCH3 is 7. The standard InChI is InChI=1S/C30H36O17.C22H22O10.C16H12O6.C16H12O5.C15H10O5/c1-39-14-6-16(41-3)15(40-2)5-12(14)13-8-43-17-7-18(26(42-4)23(34)20(17)21(13)32)46-28-25(36)24(35)22(33)19(47-28)9-44-29-27(37)30(38,10-31)11-45-29;1-29-11-4-2-10(3-5-11)13-9-30-15-7-12(6-14(24)17(15)18(13)25)31-22-21(28)20(27)19(26)16(8-23)32-22;1-21-13-4-8(2-3-11(13)18)10-7-22-14-6-9(17)5-12(19)15(14)16(10)20;1-20-11-4-2-9(3-5-11)12-8-21-14-7-10(17)6-13(18)15(14)16(12)19;16-9-3-1-8(2-4-9)11-7-20-13-6-10(17)5-12(18)14(13)15(11)19/h5-8,19,22,24-25,27-29,31,33-38H,9-11H2,1-4H3;2-7,9,16,19-24,26-28H,8H2,1H3;2-7,17-19H,1H3;2-8,17-18H,1H3;1-7,16-18H/t19?,22-,24+,25?,27?,28-,29?,30?;16?,19-,20+,21?,22-;;;/m11.../s1. The molecule has 3 saturated heterocycles. The molecule has 746 valence electrons. The van der Waals surface area contributed by atoms with Gasteiger partial charge in [-0.3, -0.25) is 24.0 Å².